The van der Waals surface area contributed by atoms with Gasteiger partial charge in [-0.1, -0.05) is 30.8 Å². The summed E-state index contributed by atoms with van der Waals surface area (Å²) in [6, 6.07) is 16.5. The Bertz CT molecular complexity index is 1590. The van der Waals surface area contributed by atoms with Gasteiger partial charge in [0.1, 0.15) is 0 Å². The molecule has 0 bridgehead atoms. The van der Waals surface area contributed by atoms with E-state index in [2.05, 4.69) is 22.3 Å². The van der Waals surface area contributed by atoms with Crippen LogP contribution in [0, 0.1) is 0 Å². The number of nitrogens with zero attached hydrogens (tertiary/aromatic N) is 3. The smallest absolute Gasteiger partial charge is 0.256 e. The molecule has 5 rings (SSSR count). The lowest BCUT2D eigenvalue weighted by molar-refractivity contribution is -0.117. The Morgan fingerprint density at radius 3 is 2.62 bits per heavy atom. The van der Waals surface area contributed by atoms with Gasteiger partial charge in [-0.15, -0.1) is 0 Å². The van der Waals surface area contributed by atoms with E-state index in [0.717, 1.165) is 22.2 Å². The molecule has 9 nitrogen and oxygen atoms in total. The predicted octanol–water partition coefficient (Wildman–Crippen LogP) is 3.33. The van der Waals surface area contributed by atoms with Crippen molar-refractivity contribution < 1.29 is 14.4 Å². The zero-order valence-electron chi connectivity index (χ0n) is 20.5. The number of fused-ring (bicyclic) bond motifs is 2. The van der Waals surface area contributed by atoms with Crippen molar-refractivity contribution in [1.82, 2.24) is 20.0 Å². The van der Waals surface area contributed by atoms with Gasteiger partial charge in [-0.25, -0.2) is 0 Å². The van der Waals surface area contributed by atoms with Crippen molar-refractivity contribution in [2.24, 2.45) is 7.05 Å². The minimum absolute atomic E-state index is 0.0809. The lowest BCUT2D eigenvalue weighted by Crippen LogP contribution is -2.31. The Hall–Kier alpha value is -4.92. The van der Waals surface area contributed by atoms with Crippen LogP contribution in [-0.4, -0.2) is 46.0 Å². The van der Waals surface area contributed by atoms with Gasteiger partial charge in [0.25, 0.3) is 11.8 Å². The molecule has 186 valence electrons. The number of likely N-dealkylation sites (N-methyl/N-ethyl adjacent to an activating group) is 1. The molecule has 1 aromatic heterocycles. The number of carbonyl (C=O) groups excluding carboxylic acids is 3. The third-order valence-corrected chi connectivity index (χ3v) is 6.58. The summed E-state index contributed by atoms with van der Waals surface area (Å²) in [7, 11) is 3.33. The van der Waals surface area contributed by atoms with Gasteiger partial charge >= 0.3 is 0 Å². The molecule has 0 fully saturated rings. The van der Waals surface area contributed by atoms with Crippen LogP contribution in [0.4, 0.5) is 11.4 Å². The van der Waals surface area contributed by atoms with Gasteiger partial charge < -0.3 is 21.3 Å². The normalized spacial score (nSPS) is 12.5. The highest BCUT2D eigenvalue weighted by Crippen LogP contribution is 2.38. The number of benzene rings is 3. The lowest BCUT2D eigenvalue weighted by atomic mass is 9.93. The van der Waals surface area contributed by atoms with E-state index in [9.17, 15) is 14.4 Å². The van der Waals surface area contributed by atoms with Crippen molar-refractivity contribution in [3.05, 3.63) is 89.6 Å². The Balaban J connectivity index is 1.58. The second-order valence-electron chi connectivity index (χ2n) is 8.94. The number of nitrogens with two attached hydrogens (primary N) is 1. The minimum atomic E-state index is -0.326. The second kappa shape index (κ2) is 9.27. The average molecular weight is 495 g/mol. The number of anilines is 2. The fourth-order valence-corrected chi connectivity index (χ4v) is 4.69. The zero-order valence-corrected chi connectivity index (χ0v) is 20.5. The molecule has 1 aliphatic heterocycles. The first-order chi connectivity index (χ1) is 17.8. The van der Waals surface area contributed by atoms with Gasteiger partial charge in [0, 0.05) is 43.0 Å². The third kappa shape index (κ3) is 4.20. The van der Waals surface area contributed by atoms with Crippen LogP contribution in [0.3, 0.4) is 0 Å². The molecule has 0 saturated heterocycles. The Labute approximate surface area is 213 Å². The summed E-state index contributed by atoms with van der Waals surface area (Å²) in [5, 5.41) is 10.5. The van der Waals surface area contributed by atoms with Gasteiger partial charge in [0.15, 0.2) is 0 Å². The summed E-state index contributed by atoms with van der Waals surface area (Å²) in [6.45, 7) is 4.15. The second-order valence-corrected chi connectivity index (χ2v) is 8.94. The van der Waals surface area contributed by atoms with Crippen LogP contribution in [0.1, 0.15) is 26.3 Å². The van der Waals surface area contributed by atoms with E-state index in [4.69, 9.17) is 5.73 Å². The van der Waals surface area contributed by atoms with E-state index in [1.54, 1.807) is 21.8 Å². The Morgan fingerprint density at radius 2 is 1.89 bits per heavy atom. The van der Waals surface area contributed by atoms with Crippen LogP contribution < -0.4 is 16.4 Å². The fraction of sp³-hybridized carbons (Fsp3) is 0.143. The first kappa shape index (κ1) is 23.8. The summed E-state index contributed by atoms with van der Waals surface area (Å²) in [6.07, 6.45) is 1.67. The van der Waals surface area contributed by atoms with Crippen LogP contribution in [0.2, 0.25) is 0 Å². The summed E-state index contributed by atoms with van der Waals surface area (Å²) < 4.78 is 1.71. The van der Waals surface area contributed by atoms with Crippen molar-refractivity contribution in [3.63, 3.8) is 0 Å². The molecule has 0 unspecified atom stereocenters. The fourth-order valence-electron chi connectivity index (χ4n) is 4.69. The van der Waals surface area contributed by atoms with Crippen molar-refractivity contribution in [2.45, 2.75) is 6.54 Å². The maximum atomic E-state index is 13.3. The van der Waals surface area contributed by atoms with E-state index in [1.807, 2.05) is 55.6 Å². The number of hydrogen-bond donors (Lipinski definition) is 3. The van der Waals surface area contributed by atoms with Gasteiger partial charge in [-0.2, -0.15) is 5.10 Å². The highest BCUT2D eigenvalue weighted by Gasteiger charge is 2.33. The van der Waals surface area contributed by atoms with Crippen molar-refractivity contribution in [2.75, 3.05) is 24.6 Å². The number of aryl methyl sites for hydroxylation is 1. The van der Waals surface area contributed by atoms with Gasteiger partial charge in [0.05, 0.1) is 29.4 Å². The summed E-state index contributed by atoms with van der Waals surface area (Å²) in [4.78, 5) is 40.1. The standard InChI is InChI=1S/C28H26N6O3/c1-16(26(35)30-2)14-34-15-22-19(9-10-23(29)25(22)28(34)37)17-11-20(21-13-31-33(3)24(21)12-17)27(36)32-18-7-5-4-6-8-18/h4-13H,1,14-15,29H2,2-3H3,(H,30,35)(H,32,36). The molecule has 37 heavy (non-hydrogen) atoms. The van der Waals surface area contributed by atoms with E-state index in [1.165, 1.54) is 7.05 Å². The molecule has 3 aromatic carbocycles. The molecule has 0 saturated carbocycles. The Morgan fingerprint density at radius 1 is 1.14 bits per heavy atom. The molecule has 0 atom stereocenters. The summed E-state index contributed by atoms with van der Waals surface area (Å²) in [5.41, 5.74) is 11.5. The SMILES string of the molecule is C=C(CN1Cc2c(-c3cc(C(=O)Nc4ccccc4)c4cnn(C)c4c3)ccc(N)c2C1=O)C(=O)NC. The first-order valence-corrected chi connectivity index (χ1v) is 11.7. The lowest BCUT2D eigenvalue weighted by Gasteiger charge is -2.16. The molecule has 0 spiro atoms. The van der Waals surface area contributed by atoms with Crippen LogP contribution in [-0.2, 0) is 18.4 Å². The molecule has 9 heteroatoms. The monoisotopic (exact) mass is 494 g/mol. The van der Waals surface area contributed by atoms with Gasteiger partial charge in [-0.05, 0) is 47.0 Å². The number of nitrogens with one attached hydrogen (secondary N) is 2. The number of rotatable bonds is 6. The molecule has 4 N–H and O–H groups in total. The van der Waals surface area contributed by atoms with E-state index in [0.29, 0.717) is 27.9 Å². The molecular formula is C28H26N6O3. The molecule has 1 aliphatic rings. The predicted molar refractivity (Wildman–Crippen MR) is 143 cm³/mol. The number of para-hydroxylation sites is 1. The number of aromatic nitrogens is 2. The van der Waals surface area contributed by atoms with Gasteiger partial charge in [0.2, 0.25) is 5.91 Å². The number of amides is 3. The first-order valence-electron chi connectivity index (χ1n) is 11.7. The number of carbonyl (C=O) groups is 3. The molecule has 0 aliphatic carbocycles. The highest BCUT2D eigenvalue weighted by molar-refractivity contribution is 6.14. The molecule has 4 aromatic rings. The van der Waals surface area contributed by atoms with Crippen molar-refractivity contribution in [1.29, 1.82) is 0 Å². The average Bonchev–Trinajstić information content (AvgIpc) is 3.43. The summed E-state index contributed by atoms with van der Waals surface area (Å²) in [5.74, 6) is -0.853. The number of nitrogen functional groups attached to an aromatic ring is 1. The highest BCUT2D eigenvalue weighted by atomic mass is 16.2. The van der Waals surface area contributed by atoms with E-state index < -0.39 is 0 Å². The third-order valence-electron chi connectivity index (χ3n) is 6.58. The van der Waals surface area contributed by atoms with Gasteiger partial charge in [-0.3, -0.25) is 19.1 Å². The molecule has 3 amide bonds. The Kier molecular flexibility index (Phi) is 5.96. The van der Waals surface area contributed by atoms with Crippen LogP contribution in [0.15, 0.2) is 72.9 Å². The maximum absolute atomic E-state index is 13.3. The molecular weight excluding hydrogens is 468 g/mol. The van der Waals surface area contributed by atoms with Crippen molar-refractivity contribution in [3.8, 4) is 11.1 Å². The minimum Gasteiger partial charge on any atom is -0.398 e. The maximum Gasteiger partial charge on any atom is 0.256 e. The molecule has 2 heterocycles. The van der Waals surface area contributed by atoms with Crippen LogP contribution in [0.5, 0.6) is 0 Å². The number of hydrogen-bond acceptors (Lipinski definition) is 5. The largest absolute Gasteiger partial charge is 0.398 e. The topological polar surface area (TPSA) is 122 Å². The molecule has 0 radical (unpaired) electrons. The van der Waals surface area contributed by atoms with E-state index in [-0.39, 0.29) is 36.4 Å². The quantitative estimate of drug-likeness (QED) is 0.280. The van der Waals surface area contributed by atoms with E-state index >= 15 is 0 Å². The summed E-state index contributed by atoms with van der Waals surface area (Å²) >= 11 is 0. The zero-order chi connectivity index (χ0) is 26.3. The van der Waals surface area contributed by atoms with Crippen LogP contribution in [0.25, 0.3) is 22.0 Å². The van der Waals surface area contributed by atoms with Crippen LogP contribution >= 0.6 is 0 Å². The van der Waals surface area contributed by atoms with Crippen molar-refractivity contribution >= 4 is 40.0 Å².